The van der Waals surface area contributed by atoms with Gasteiger partial charge in [0.25, 0.3) is 0 Å². The quantitative estimate of drug-likeness (QED) is 0.312. The third kappa shape index (κ3) is 3.97. The Morgan fingerprint density at radius 3 is 2.62 bits per heavy atom. The Labute approximate surface area is 215 Å². The van der Waals surface area contributed by atoms with Crippen LogP contribution in [0.1, 0.15) is 19.3 Å². The van der Waals surface area contributed by atoms with Gasteiger partial charge in [0, 0.05) is 42.8 Å². The number of H-pyrrole nitrogens is 1. The van der Waals surface area contributed by atoms with Gasteiger partial charge in [-0.15, -0.1) is 0 Å². The Kier molecular flexibility index (Phi) is 5.27. The molecule has 1 aliphatic heterocycles. The second-order valence-electron chi connectivity index (χ2n) is 10.4. The molecule has 6 heteroatoms. The summed E-state index contributed by atoms with van der Waals surface area (Å²) in [5, 5.41) is 1.21. The van der Waals surface area contributed by atoms with Crippen LogP contribution >= 0.6 is 0 Å². The number of hydrogen-bond acceptors (Lipinski definition) is 3. The van der Waals surface area contributed by atoms with Crippen LogP contribution in [0.5, 0.6) is 5.75 Å². The summed E-state index contributed by atoms with van der Waals surface area (Å²) in [4.78, 5) is 23.1. The van der Waals surface area contributed by atoms with Crippen molar-refractivity contribution < 1.29 is 9.53 Å². The van der Waals surface area contributed by atoms with Gasteiger partial charge in [-0.1, -0.05) is 36.4 Å². The molecule has 0 unspecified atom stereocenters. The largest absolute Gasteiger partial charge is 0.494 e. The topological polar surface area (TPSA) is 63.1 Å². The van der Waals surface area contributed by atoms with Crippen LogP contribution < -0.4 is 4.74 Å². The van der Waals surface area contributed by atoms with Gasteiger partial charge in [0.2, 0.25) is 5.91 Å². The normalized spacial score (nSPS) is 17.6. The lowest BCUT2D eigenvalue weighted by Crippen LogP contribution is -2.30. The molecule has 7 rings (SSSR count). The molecule has 6 nitrogen and oxygen atoms in total. The standard InChI is InChI=1S/C31H30N4O2/c1-37-28-4-2-3-27-29(28)33-30(35(27)19-20-14-16-34(18-20)31(36)23-9-10-23)22-7-5-21(6-8-22)24-11-12-26-25(17-24)13-15-32-26/h2-8,11-13,15,17,20,23,32H,9-10,14,16,18-19H2,1H3/t20-/m0/s1. The predicted octanol–water partition coefficient (Wildman–Crippen LogP) is 6.12. The number of imidazole rings is 1. The first-order valence-corrected chi connectivity index (χ1v) is 13.2. The third-order valence-corrected chi connectivity index (χ3v) is 7.96. The van der Waals surface area contributed by atoms with E-state index < -0.39 is 0 Å². The number of aromatic nitrogens is 3. The number of rotatable bonds is 6. The van der Waals surface area contributed by atoms with Crippen molar-refractivity contribution >= 4 is 27.8 Å². The Bertz CT molecular complexity index is 1610. The summed E-state index contributed by atoms with van der Waals surface area (Å²) < 4.78 is 7.99. The van der Waals surface area contributed by atoms with E-state index in [2.05, 4.69) is 69.0 Å². The van der Waals surface area contributed by atoms with Crippen molar-refractivity contribution in [2.75, 3.05) is 20.2 Å². The van der Waals surface area contributed by atoms with Crippen molar-refractivity contribution in [3.05, 3.63) is 72.9 Å². The molecular formula is C31H30N4O2. The first kappa shape index (κ1) is 22.2. The highest BCUT2D eigenvalue weighted by atomic mass is 16.5. The average molecular weight is 491 g/mol. The molecule has 37 heavy (non-hydrogen) atoms. The molecule has 1 amide bonds. The number of likely N-dealkylation sites (tertiary alicyclic amines) is 1. The fraction of sp³-hybridized carbons (Fsp3) is 0.290. The van der Waals surface area contributed by atoms with Crippen molar-refractivity contribution in [1.29, 1.82) is 0 Å². The average Bonchev–Trinajstić information content (AvgIpc) is 3.32. The van der Waals surface area contributed by atoms with Gasteiger partial charge in [0.05, 0.1) is 12.6 Å². The van der Waals surface area contributed by atoms with E-state index in [0.717, 1.165) is 72.6 Å². The maximum Gasteiger partial charge on any atom is 0.225 e. The second-order valence-corrected chi connectivity index (χ2v) is 10.4. The van der Waals surface area contributed by atoms with Crippen molar-refractivity contribution in [3.8, 4) is 28.3 Å². The number of carbonyl (C=O) groups excluding carboxylic acids is 1. The molecule has 1 N–H and O–H groups in total. The molecule has 0 bridgehead atoms. The van der Waals surface area contributed by atoms with E-state index in [1.54, 1.807) is 7.11 Å². The molecule has 5 aromatic rings. The Hall–Kier alpha value is -4.06. The molecule has 0 radical (unpaired) electrons. The number of fused-ring (bicyclic) bond motifs is 2. The maximum atomic E-state index is 12.6. The van der Waals surface area contributed by atoms with Gasteiger partial charge in [0.1, 0.15) is 17.1 Å². The minimum Gasteiger partial charge on any atom is -0.494 e. The summed E-state index contributed by atoms with van der Waals surface area (Å²) in [6, 6.07) is 23.4. The molecule has 186 valence electrons. The van der Waals surface area contributed by atoms with Gasteiger partial charge in [-0.25, -0.2) is 4.98 Å². The first-order chi connectivity index (χ1) is 18.2. The lowest BCUT2D eigenvalue weighted by atomic mass is 10.0. The highest BCUT2D eigenvalue weighted by Gasteiger charge is 2.36. The van der Waals surface area contributed by atoms with Gasteiger partial charge in [0.15, 0.2) is 0 Å². The molecule has 2 aliphatic rings. The number of aromatic amines is 1. The molecular weight excluding hydrogens is 460 g/mol. The number of hydrogen-bond donors (Lipinski definition) is 1. The van der Waals surface area contributed by atoms with Crippen LogP contribution in [-0.4, -0.2) is 45.5 Å². The van der Waals surface area contributed by atoms with E-state index in [9.17, 15) is 4.79 Å². The van der Waals surface area contributed by atoms with Crippen molar-refractivity contribution in [2.45, 2.75) is 25.8 Å². The summed E-state index contributed by atoms with van der Waals surface area (Å²) in [6.07, 6.45) is 5.13. The van der Waals surface area contributed by atoms with Crippen LogP contribution in [0, 0.1) is 11.8 Å². The molecule has 0 spiro atoms. The minimum atomic E-state index is 0.282. The molecule has 2 aromatic heterocycles. The van der Waals surface area contributed by atoms with Gasteiger partial charge < -0.3 is 19.2 Å². The lowest BCUT2D eigenvalue weighted by molar-refractivity contribution is -0.131. The molecule has 3 aromatic carbocycles. The van der Waals surface area contributed by atoms with Crippen molar-refractivity contribution in [1.82, 2.24) is 19.4 Å². The van der Waals surface area contributed by atoms with Gasteiger partial charge in [-0.3, -0.25) is 4.79 Å². The summed E-state index contributed by atoms with van der Waals surface area (Å²) >= 11 is 0. The Balaban J connectivity index is 1.23. The number of methoxy groups -OCH3 is 1. The maximum absolute atomic E-state index is 12.6. The number of carbonyl (C=O) groups is 1. The first-order valence-electron chi connectivity index (χ1n) is 13.2. The highest BCUT2D eigenvalue weighted by Crippen LogP contribution is 2.36. The summed E-state index contributed by atoms with van der Waals surface area (Å²) in [5.41, 5.74) is 6.55. The van der Waals surface area contributed by atoms with Crippen LogP contribution in [0.2, 0.25) is 0 Å². The monoisotopic (exact) mass is 490 g/mol. The van der Waals surface area contributed by atoms with E-state index in [1.807, 2.05) is 18.3 Å². The number of nitrogens with one attached hydrogen (secondary N) is 1. The molecule has 3 heterocycles. The fourth-order valence-electron chi connectivity index (χ4n) is 5.76. The van der Waals surface area contributed by atoms with Crippen LogP contribution in [0.4, 0.5) is 0 Å². The zero-order valence-corrected chi connectivity index (χ0v) is 21.0. The predicted molar refractivity (Wildman–Crippen MR) is 146 cm³/mol. The molecule has 1 saturated heterocycles. The van der Waals surface area contributed by atoms with E-state index in [0.29, 0.717) is 11.8 Å². The van der Waals surface area contributed by atoms with E-state index in [1.165, 1.54) is 16.5 Å². The molecule has 1 atom stereocenters. The fourth-order valence-corrected chi connectivity index (χ4v) is 5.76. The number of benzene rings is 3. The summed E-state index contributed by atoms with van der Waals surface area (Å²) in [6.45, 7) is 2.53. The van der Waals surface area contributed by atoms with Crippen molar-refractivity contribution in [2.24, 2.45) is 11.8 Å². The third-order valence-electron chi connectivity index (χ3n) is 7.96. The van der Waals surface area contributed by atoms with Crippen LogP contribution in [-0.2, 0) is 11.3 Å². The lowest BCUT2D eigenvalue weighted by Gasteiger charge is -2.18. The molecule has 2 fully saturated rings. The zero-order chi connectivity index (χ0) is 24.9. The van der Waals surface area contributed by atoms with Crippen molar-refractivity contribution in [3.63, 3.8) is 0 Å². The van der Waals surface area contributed by atoms with E-state index in [-0.39, 0.29) is 5.92 Å². The smallest absolute Gasteiger partial charge is 0.225 e. The van der Waals surface area contributed by atoms with E-state index >= 15 is 0 Å². The number of ether oxygens (including phenoxy) is 1. The Morgan fingerprint density at radius 2 is 1.81 bits per heavy atom. The molecule has 1 saturated carbocycles. The van der Waals surface area contributed by atoms with Gasteiger partial charge in [-0.2, -0.15) is 0 Å². The zero-order valence-electron chi connectivity index (χ0n) is 21.0. The highest BCUT2D eigenvalue weighted by molar-refractivity contribution is 5.87. The number of amides is 1. The minimum absolute atomic E-state index is 0.282. The number of para-hydroxylation sites is 1. The SMILES string of the molecule is COc1cccc2c1nc(-c1ccc(-c3ccc4[nH]ccc4c3)cc1)n2C[C@H]1CCN(C(=O)C2CC2)C1. The summed E-state index contributed by atoms with van der Waals surface area (Å²) in [5.74, 6) is 2.78. The van der Waals surface area contributed by atoms with Crippen LogP contribution in [0.3, 0.4) is 0 Å². The molecule has 1 aliphatic carbocycles. The van der Waals surface area contributed by atoms with Gasteiger partial charge >= 0.3 is 0 Å². The second kappa shape index (κ2) is 8.80. The van der Waals surface area contributed by atoms with Gasteiger partial charge in [-0.05, 0) is 72.0 Å². The van der Waals surface area contributed by atoms with Crippen LogP contribution in [0.15, 0.2) is 72.9 Å². The van der Waals surface area contributed by atoms with E-state index in [4.69, 9.17) is 9.72 Å². The van der Waals surface area contributed by atoms with Crippen LogP contribution in [0.25, 0.3) is 44.5 Å². The summed E-state index contributed by atoms with van der Waals surface area (Å²) in [7, 11) is 1.70. The Morgan fingerprint density at radius 1 is 1.00 bits per heavy atom. The number of nitrogens with zero attached hydrogens (tertiary/aromatic N) is 3.